The summed E-state index contributed by atoms with van der Waals surface area (Å²) in [6, 6.07) is 0.681. The standard InChI is InChI=1S/C14H22N4/c1-10-9-16-14(15)17-13(10)18-8-4-6-11-5-2-3-7-12(11)18/h9,11-12H,2-8H2,1H3,(H2,15,16,17)/t11-,12-/m1/s1. The van der Waals surface area contributed by atoms with E-state index in [1.165, 1.54) is 38.5 Å². The van der Waals surface area contributed by atoms with Crippen molar-refractivity contribution in [2.45, 2.75) is 51.5 Å². The third kappa shape index (κ3) is 2.04. The van der Waals surface area contributed by atoms with Gasteiger partial charge in [-0.3, -0.25) is 0 Å². The molecule has 0 bridgehead atoms. The molecule has 1 saturated heterocycles. The van der Waals surface area contributed by atoms with E-state index in [1.807, 2.05) is 6.20 Å². The molecule has 2 heterocycles. The van der Waals surface area contributed by atoms with E-state index in [9.17, 15) is 0 Å². The summed E-state index contributed by atoms with van der Waals surface area (Å²) in [7, 11) is 0. The van der Waals surface area contributed by atoms with Gasteiger partial charge < -0.3 is 10.6 Å². The number of hydrogen-bond acceptors (Lipinski definition) is 4. The summed E-state index contributed by atoms with van der Waals surface area (Å²) in [6.45, 7) is 3.21. The summed E-state index contributed by atoms with van der Waals surface area (Å²) in [5.74, 6) is 2.33. The van der Waals surface area contributed by atoms with Crippen LogP contribution in [0.15, 0.2) is 6.20 Å². The SMILES string of the molecule is Cc1cnc(N)nc1N1CCC[C@H]2CCCC[C@H]21. The lowest BCUT2D eigenvalue weighted by Crippen LogP contribution is -2.47. The number of aromatic nitrogens is 2. The fourth-order valence-corrected chi connectivity index (χ4v) is 3.62. The Morgan fingerprint density at radius 2 is 2.00 bits per heavy atom. The Morgan fingerprint density at radius 1 is 1.22 bits per heavy atom. The molecular formula is C14H22N4. The van der Waals surface area contributed by atoms with E-state index in [2.05, 4.69) is 21.8 Å². The highest BCUT2D eigenvalue weighted by molar-refractivity contribution is 5.49. The van der Waals surface area contributed by atoms with Crippen molar-refractivity contribution in [3.63, 3.8) is 0 Å². The van der Waals surface area contributed by atoms with Crippen LogP contribution in [0.25, 0.3) is 0 Å². The second-order valence-electron chi connectivity index (χ2n) is 5.68. The van der Waals surface area contributed by atoms with Gasteiger partial charge in [0, 0.05) is 24.3 Å². The minimum absolute atomic E-state index is 0.397. The van der Waals surface area contributed by atoms with E-state index >= 15 is 0 Å². The van der Waals surface area contributed by atoms with Crippen LogP contribution in [0, 0.1) is 12.8 Å². The molecule has 2 fully saturated rings. The molecule has 1 saturated carbocycles. The molecule has 4 nitrogen and oxygen atoms in total. The molecule has 0 amide bonds. The van der Waals surface area contributed by atoms with Crippen molar-refractivity contribution in [3.05, 3.63) is 11.8 Å². The van der Waals surface area contributed by atoms with Crippen LogP contribution in [-0.2, 0) is 0 Å². The highest BCUT2D eigenvalue weighted by Gasteiger charge is 2.34. The fourth-order valence-electron chi connectivity index (χ4n) is 3.62. The van der Waals surface area contributed by atoms with Gasteiger partial charge in [-0.05, 0) is 38.5 Å². The summed E-state index contributed by atoms with van der Waals surface area (Å²) < 4.78 is 0. The van der Waals surface area contributed by atoms with Crippen LogP contribution in [-0.4, -0.2) is 22.6 Å². The number of aryl methyl sites for hydroxylation is 1. The molecule has 2 atom stereocenters. The van der Waals surface area contributed by atoms with E-state index in [0.717, 1.165) is 23.8 Å². The smallest absolute Gasteiger partial charge is 0.221 e. The minimum atomic E-state index is 0.397. The number of fused-ring (bicyclic) bond motifs is 1. The third-order valence-electron chi connectivity index (χ3n) is 4.48. The van der Waals surface area contributed by atoms with Crippen LogP contribution in [0.2, 0.25) is 0 Å². The Labute approximate surface area is 109 Å². The third-order valence-corrected chi connectivity index (χ3v) is 4.48. The Bertz CT molecular complexity index is 430. The zero-order chi connectivity index (χ0) is 12.5. The van der Waals surface area contributed by atoms with Crippen LogP contribution in [0.4, 0.5) is 11.8 Å². The zero-order valence-electron chi connectivity index (χ0n) is 11.1. The number of hydrogen-bond donors (Lipinski definition) is 1. The zero-order valence-corrected chi connectivity index (χ0v) is 11.1. The lowest BCUT2D eigenvalue weighted by Gasteiger charge is -2.45. The highest BCUT2D eigenvalue weighted by Crippen LogP contribution is 2.37. The number of anilines is 2. The van der Waals surface area contributed by atoms with Gasteiger partial charge in [-0.1, -0.05) is 12.8 Å². The monoisotopic (exact) mass is 246 g/mol. The van der Waals surface area contributed by atoms with Crippen molar-refractivity contribution < 1.29 is 0 Å². The quantitative estimate of drug-likeness (QED) is 0.827. The van der Waals surface area contributed by atoms with E-state index in [1.54, 1.807) is 0 Å². The normalized spacial score (nSPS) is 27.9. The molecule has 1 aliphatic carbocycles. The first-order chi connectivity index (χ1) is 8.75. The fraction of sp³-hybridized carbons (Fsp3) is 0.714. The molecule has 98 valence electrons. The van der Waals surface area contributed by atoms with Gasteiger partial charge in [-0.25, -0.2) is 4.98 Å². The second-order valence-corrected chi connectivity index (χ2v) is 5.68. The first-order valence-electron chi connectivity index (χ1n) is 7.11. The van der Waals surface area contributed by atoms with E-state index in [4.69, 9.17) is 5.73 Å². The van der Waals surface area contributed by atoms with E-state index in [0.29, 0.717) is 12.0 Å². The summed E-state index contributed by atoms with van der Waals surface area (Å²) in [6.07, 6.45) is 9.99. The Balaban J connectivity index is 1.91. The summed E-state index contributed by atoms with van der Waals surface area (Å²) in [4.78, 5) is 11.1. The molecule has 18 heavy (non-hydrogen) atoms. The number of piperidine rings is 1. The topological polar surface area (TPSA) is 55.0 Å². The summed E-state index contributed by atoms with van der Waals surface area (Å²) in [5.41, 5.74) is 6.90. The maximum atomic E-state index is 5.75. The second kappa shape index (κ2) is 4.75. The Hall–Kier alpha value is -1.32. The van der Waals surface area contributed by atoms with Crippen LogP contribution in [0.5, 0.6) is 0 Å². The lowest BCUT2D eigenvalue weighted by molar-refractivity contribution is 0.242. The molecule has 1 aromatic heterocycles. The Kier molecular flexibility index (Phi) is 3.10. The van der Waals surface area contributed by atoms with Crippen LogP contribution in [0.1, 0.15) is 44.1 Å². The minimum Gasteiger partial charge on any atom is -0.368 e. The van der Waals surface area contributed by atoms with E-state index in [-0.39, 0.29) is 0 Å². The van der Waals surface area contributed by atoms with Crippen molar-refractivity contribution in [1.29, 1.82) is 0 Å². The molecule has 0 aromatic carbocycles. The Morgan fingerprint density at radius 3 is 2.89 bits per heavy atom. The first kappa shape index (κ1) is 11.8. The maximum absolute atomic E-state index is 5.75. The van der Waals surface area contributed by atoms with Crippen molar-refractivity contribution in [2.24, 2.45) is 5.92 Å². The maximum Gasteiger partial charge on any atom is 0.221 e. The van der Waals surface area contributed by atoms with Gasteiger partial charge in [-0.15, -0.1) is 0 Å². The van der Waals surface area contributed by atoms with Crippen LogP contribution in [0.3, 0.4) is 0 Å². The van der Waals surface area contributed by atoms with Crippen LogP contribution < -0.4 is 10.6 Å². The molecule has 0 unspecified atom stereocenters. The number of nitrogens with two attached hydrogens (primary N) is 1. The average Bonchev–Trinajstić information content (AvgIpc) is 2.41. The molecule has 2 N–H and O–H groups in total. The van der Waals surface area contributed by atoms with Gasteiger partial charge in [-0.2, -0.15) is 4.98 Å². The number of rotatable bonds is 1. The van der Waals surface area contributed by atoms with Crippen molar-refractivity contribution in [2.75, 3.05) is 17.2 Å². The summed E-state index contributed by atoms with van der Waals surface area (Å²) in [5, 5.41) is 0. The van der Waals surface area contributed by atoms with Crippen molar-refractivity contribution >= 4 is 11.8 Å². The van der Waals surface area contributed by atoms with Crippen molar-refractivity contribution in [1.82, 2.24) is 9.97 Å². The number of nitrogens with zero attached hydrogens (tertiary/aromatic N) is 3. The van der Waals surface area contributed by atoms with Gasteiger partial charge in [0.1, 0.15) is 5.82 Å². The van der Waals surface area contributed by atoms with Crippen LogP contribution >= 0.6 is 0 Å². The van der Waals surface area contributed by atoms with Gasteiger partial charge in [0.05, 0.1) is 0 Å². The average molecular weight is 246 g/mol. The number of nitrogen functional groups attached to an aromatic ring is 1. The van der Waals surface area contributed by atoms with Gasteiger partial charge >= 0.3 is 0 Å². The molecule has 4 heteroatoms. The molecule has 1 aliphatic heterocycles. The van der Waals surface area contributed by atoms with Gasteiger partial charge in [0.15, 0.2) is 0 Å². The summed E-state index contributed by atoms with van der Waals surface area (Å²) >= 11 is 0. The largest absolute Gasteiger partial charge is 0.368 e. The predicted molar refractivity (Wildman–Crippen MR) is 73.5 cm³/mol. The lowest BCUT2D eigenvalue weighted by atomic mass is 9.78. The molecule has 3 rings (SSSR count). The molecule has 0 spiro atoms. The molecular weight excluding hydrogens is 224 g/mol. The molecule has 1 aromatic rings. The van der Waals surface area contributed by atoms with Crippen molar-refractivity contribution in [3.8, 4) is 0 Å². The predicted octanol–water partition coefficient (Wildman–Crippen LogP) is 2.53. The van der Waals surface area contributed by atoms with Gasteiger partial charge in [0.25, 0.3) is 0 Å². The van der Waals surface area contributed by atoms with Gasteiger partial charge in [0.2, 0.25) is 5.95 Å². The molecule has 0 radical (unpaired) electrons. The van der Waals surface area contributed by atoms with E-state index < -0.39 is 0 Å². The highest BCUT2D eigenvalue weighted by atomic mass is 15.2. The molecule has 2 aliphatic rings. The first-order valence-corrected chi connectivity index (χ1v) is 7.11.